The first-order chi connectivity index (χ1) is 12.0. The van der Waals surface area contributed by atoms with Gasteiger partial charge in [-0.1, -0.05) is 29.8 Å². The van der Waals surface area contributed by atoms with Crippen LogP contribution in [0.25, 0.3) is 0 Å². The van der Waals surface area contributed by atoms with Crippen molar-refractivity contribution in [3.05, 3.63) is 35.4 Å². The predicted molar refractivity (Wildman–Crippen MR) is 98.1 cm³/mol. The van der Waals surface area contributed by atoms with Gasteiger partial charge in [0.05, 0.1) is 6.54 Å². The van der Waals surface area contributed by atoms with Gasteiger partial charge < -0.3 is 10.6 Å². The second-order valence-electron chi connectivity index (χ2n) is 7.55. The van der Waals surface area contributed by atoms with Crippen molar-refractivity contribution >= 4 is 11.8 Å². The van der Waals surface area contributed by atoms with Crippen LogP contribution in [0.4, 0.5) is 0 Å². The Bertz CT molecular complexity index is 623. The summed E-state index contributed by atoms with van der Waals surface area (Å²) in [7, 11) is 0. The Morgan fingerprint density at radius 3 is 2.60 bits per heavy atom. The van der Waals surface area contributed by atoms with Gasteiger partial charge in [0, 0.05) is 24.9 Å². The molecule has 2 fully saturated rings. The maximum absolute atomic E-state index is 12.7. The molecule has 2 aliphatic heterocycles. The van der Waals surface area contributed by atoms with E-state index in [9.17, 15) is 9.59 Å². The zero-order valence-corrected chi connectivity index (χ0v) is 15.1. The van der Waals surface area contributed by atoms with Gasteiger partial charge >= 0.3 is 0 Å². The molecule has 2 heterocycles. The molecule has 136 valence electrons. The lowest BCUT2D eigenvalue weighted by atomic mass is 9.90. The highest BCUT2D eigenvalue weighted by Crippen LogP contribution is 2.27. The second-order valence-corrected chi connectivity index (χ2v) is 7.55. The van der Waals surface area contributed by atoms with E-state index in [2.05, 4.69) is 36.1 Å². The Morgan fingerprint density at radius 2 is 1.92 bits per heavy atom. The molecule has 1 atom stereocenters. The van der Waals surface area contributed by atoms with Crippen LogP contribution in [-0.2, 0) is 9.59 Å². The molecule has 5 nitrogen and oxygen atoms in total. The summed E-state index contributed by atoms with van der Waals surface area (Å²) in [5.41, 5.74) is 8.00. The van der Waals surface area contributed by atoms with Gasteiger partial charge in [-0.25, -0.2) is 0 Å². The molecule has 3 rings (SSSR count). The first-order valence-corrected chi connectivity index (χ1v) is 9.39. The number of aryl methyl sites for hydroxylation is 1. The molecule has 0 radical (unpaired) electrons. The number of carbonyl (C=O) groups is 2. The minimum Gasteiger partial charge on any atom is -0.369 e. The third-order valence-electron chi connectivity index (χ3n) is 5.64. The maximum atomic E-state index is 12.7. The molecule has 0 saturated carbocycles. The Hall–Kier alpha value is -1.88. The van der Waals surface area contributed by atoms with E-state index in [1.165, 1.54) is 11.1 Å². The van der Waals surface area contributed by atoms with Crippen LogP contribution in [0, 0.1) is 12.8 Å². The Labute approximate surface area is 150 Å². The molecule has 2 saturated heterocycles. The SMILES string of the molecule is Cc1cccc([C@H]2CCCN(C(=O)CN3CCC(C(N)=O)CC3)C2)c1. The first kappa shape index (κ1) is 17.9. The average molecular weight is 343 g/mol. The van der Waals surface area contributed by atoms with Crippen LogP contribution < -0.4 is 5.73 Å². The molecule has 2 aliphatic rings. The van der Waals surface area contributed by atoms with Crippen LogP contribution in [0.1, 0.15) is 42.7 Å². The van der Waals surface area contributed by atoms with Crippen LogP contribution in [0.2, 0.25) is 0 Å². The van der Waals surface area contributed by atoms with E-state index in [-0.39, 0.29) is 17.7 Å². The highest BCUT2D eigenvalue weighted by Gasteiger charge is 2.28. The van der Waals surface area contributed by atoms with Gasteiger partial charge in [0.1, 0.15) is 0 Å². The molecule has 2 amide bonds. The van der Waals surface area contributed by atoms with E-state index in [1.807, 2.05) is 4.90 Å². The van der Waals surface area contributed by atoms with Gasteiger partial charge in [0.25, 0.3) is 0 Å². The fraction of sp³-hybridized carbons (Fsp3) is 0.600. The first-order valence-electron chi connectivity index (χ1n) is 9.39. The summed E-state index contributed by atoms with van der Waals surface area (Å²) in [6.07, 6.45) is 3.76. The van der Waals surface area contributed by atoms with E-state index < -0.39 is 0 Å². The largest absolute Gasteiger partial charge is 0.369 e. The van der Waals surface area contributed by atoms with Crippen LogP contribution >= 0.6 is 0 Å². The number of hydrogen-bond acceptors (Lipinski definition) is 3. The molecule has 0 aliphatic carbocycles. The highest BCUT2D eigenvalue weighted by molar-refractivity contribution is 5.79. The minimum absolute atomic E-state index is 0.0213. The molecule has 0 bridgehead atoms. The molecular formula is C20H29N3O2. The quantitative estimate of drug-likeness (QED) is 0.908. The smallest absolute Gasteiger partial charge is 0.236 e. The molecule has 0 unspecified atom stereocenters. The second kappa shape index (κ2) is 8.00. The van der Waals surface area contributed by atoms with Crippen LogP contribution in [0.3, 0.4) is 0 Å². The normalized spacial score (nSPS) is 22.8. The van der Waals surface area contributed by atoms with E-state index in [4.69, 9.17) is 5.73 Å². The molecule has 5 heteroatoms. The number of rotatable bonds is 4. The lowest BCUT2D eigenvalue weighted by Crippen LogP contribution is -2.47. The number of primary amides is 1. The van der Waals surface area contributed by atoms with Crippen molar-refractivity contribution in [3.63, 3.8) is 0 Å². The zero-order valence-electron chi connectivity index (χ0n) is 15.1. The molecular weight excluding hydrogens is 314 g/mol. The third-order valence-corrected chi connectivity index (χ3v) is 5.64. The lowest BCUT2D eigenvalue weighted by molar-refractivity contribution is -0.134. The van der Waals surface area contributed by atoms with E-state index in [0.717, 1.165) is 51.9 Å². The van der Waals surface area contributed by atoms with Crippen LogP contribution in [0.5, 0.6) is 0 Å². The van der Waals surface area contributed by atoms with Crippen molar-refractivity contribution in [3.8, 4) is 0 Å². The van der Waals surface area contributed by atoms with Crippen molar-refractivity contribution in [1.29, 1.82) is 0 Å². The number of hydrogen-bond donors (Lipinski definition) is 1. The summed E-state index contributed by atoms with van der Waals surface area (Å²) in [5.74, 6) is 0.433. The standard InChI is InChI=1S/C20H29N3O2/c1-15-4-2-5-17(12-15)18-6-3-9-23(13-18)19(24)14-22-10-7-16(8-11-22)20(21)25/h2,4-5,12,16,18H,3,6-11,13-14H2,1H3,(H2,21,25)/t18-/m0/s1. The Balaban J connectivity index is 1.53. The Kier molecular flexibility index (Phi) is 5.74. The van der Waals surface area contributed by atoms with Crippen molar-refractivity contribution < 1.29 is 9.59 Å². The lowest BCUT2D eigenvalue weighted by Gasteiger charge is -2.36. The molecule has 25 heavy (non-hydrogen) atoms. The monoisotopic (exact) mass is 343 g/mol. The van der Waals surface area contributed by atoms with Crippen molar-refractivity contribution in [1.82, 2.24) is 9.80 Å². The summed E-state index contributed by atoms with van der Waals surface area (Å²) in [6.45, 7) is 5.83. The molecule has 1 aromatic carbocycles. The van der Waals surface area contributed by atoms with E-state index >= 15 is 0 Å². The maximum Gasteiger partial charge on any atom is 0.236 e. The summed E-state index contributed by atoms with van der Waals surface area (Å²) < 4.78 is 0. The summed E-state index contributed by atoms with van der Waals surface area (Å²) in [4.78, 5) is 28.2. The average Bonchev–Trinajstić information content (AvgIpc) is 2.62. The van der Waals surface area contributed by atoms with Gasteiger partial charge in [-0.05, 0) is 51.3 Å². The number of benzene rings is 1. The molecule has 1 aromatic rings. The van der Waals surface area contributed by atoms with Gasteiger partial charge in [-0.3, -0.25) is 14.5 Å². The Morgan fingerprint density at radius 1 is 1.16 bits per heavy atom. The number of amides is 2. The number of nitrogens with zero attached hydrogens (tertiary/aromatic N) is 2. The summed E-state index contributed by atoms with van der Waals surface area (Å²) in [5, 5.41) is 0. The summed E-state index contributed by atoms with van der Waals surface area (Å²) in [6, 6.07) is 8.65. The van der Waals surface area contributed by atoms with E-state index in [1.54, 1.807) is 0 Å². The number of carbonyl (C=O) groups excluding carboxylic acids is 2. The van der Waals surface area contributed by atoms with Crippen LogP contribution in [0.15, 0.2) is 24.3 Å². The highest BCUT2D eigenvalue weighted by atomic mass is 16.2. The van der Waals surface area contributed by atoms with Gasteiger partial charge in [0.2, 0.25) is 11.8 Å². The van der Waals surface area contributed by atoms with Gasteiger partial charge in [-0.15, -0.1) is 0 Å². The summed E-state index contributed by atoms with van der Waals surface area (Å²) >= 11 is 0. The molecule has 0 aromatic heterocycles. The van der Waals surface area contributed by atoms with Crippen molar-refractivity contribution in [2.75, 3.05) is 32.7 Å². The topological polar surface area (TPSA) is 66.6 Å². The predicted octanol–water partition coefficient (Wildman–Crippen LogP) is 1.90. The third kappa shape index (κ3) is 4.60. The number of piperidine rings is 2. The zero-order chi connectivity index (χ0) is 17.8. The van der Waals surface area contributed by atoms with E-state index in [0.29, 0.717) is 12.5 Å². The molecule has 2 N–H and O–H groups in total. The van der Waals surface area contributed by atoms with Crippen LogP contribution in [-0.4, -0.2) is 54.3 Å². The fourth-order valence-corrected chi connectivity index (χ4v) is 4.07. The molecule has 0 spiro atoms. The fourth-order valence-electron chi connectivity index (χ4n) is 4.07. The minimum atomic E-state index is -0.206. The van der Waals surface area contributed by atoms with Crippen molar-refractivity contribution in [2.24, 2.45) is 11.7 Å². The van der Waals surface area contributed by atoms with Gasteiger partial charge in [-0.2, -0.15) is 0 Å². The van der Waals surface area contributed by atoms with Crippen molar-refractivity contribution in [2.45, 2.75) is 38.5 Å². The number of likely N-dealkylation sites (tertiary alicyclic amines) is 2. The van der Waals surface area contributed by atoms with Gasteiger partial charge in [0.15, 0.2) is 0 Å². The number of nitrogens with two attached hydrogens (primary N) is 1.